The van der Waals surface area contributed by atoms with Gasteiger partial charge >= 0.3 is 12.0 Å². The molecule has 1 aliphatic heterocycles. The van der Waals surface area contributed by atoms with Crippen LogP contribution in [0.25, 0.3) is 0 Å². The van der Waals surface area contributed by atoms with Gasteiger partial charge in [-0.2, -0.15) is 0 Å². The number of carboxylic acids is 1. The fourth-order valence-electron chi connectivity index (χ4n) is 2.01. The predicted molar refractivity (Wildman–Crippen MR) is 77.1 cm³/mol. The molecule has 0 saturated carbocycles. The number of carboxylic acid groups (broad SMARTS) is 1. The number of anilines is 1. The zero-order valence-electron chi connectivity index (χ0n) is 10.9. The molecule has 2 rings (SSSR count). The number of hydrogen-bond donors (Lipinski definition) is 2. The summed E-state index contributed by atoms with van der Waals surface area (Å²) in [7, 11) is 0. The van der Waals surface area contributed by atoms with E-state index >= 15 is 0 Å². The summed E-state index contributed by atoms with van der Waals surface area (Å²) in [6.45, 7) is 3.44. The van der Waals surface area contributed by atoms with Gasteiger partial charge in [-0.15, -0.1) is 0 Å². The highest BCUT2D eigenvalue weighted by molar-refractivity contribution is 9.10. The van der Waals surface area contributed by atoms with E-state index in [1.165, 1.54) is 12.1 Å². The summed E-state index contributed by atoms with van der Waals surface area (Å²) < 4.78 is 5.87. The summed E-state index contributed by atoms with van der Waals surface area (Å²) in [4.78, 5) is 24.8. The Kier molecular flexibility index (Phi) is 4.61. The lowest BCUT2D eigenvalue weighted by Gasteiger charge is -2.33. The van der Waals surface area contributed by atoms with Crippen LogP contribution in [0, 0.1) is 0 Å². The molecule has 1 aromatic rings. The zero-order valence-corrected chi connectivity index (χ0v) is 12.5. The number of rotatable bonds is 2. The summed E-state index contributed by atoms with van der Waals surface area (Å²) in [5.41, 5.74) is 0.560. The smallest absolute Gasteiger partial charge is 0.335 e. The number of ether oxygens (including phenoxy) is 1. The molecule has 2 N–H and O–H groups in total. The fourth-order valence-corrected chi connectivity index (χ4v) is 2.50. The van der Waals surface area contributed by atoms with Crippen molar-refractivity contribution in [2.24, 2.45) is 0 Å². The Morgan fingerprint density at radius 3 is 2.85 bits per heavy atom. The largest absolute Gasteiger partial charge is 0.478 e. The number of carbonyl (C=O) groups is 2. The van der Waals surface area contributed by atoms with Crippen LogP contribution in [0.2, 0.25) is 0 Å². The van der Waals surface area contributed by atoms with Crippen molar-refractivity contribution in [2.75, 3.05) is 25.1 Å². The van der Waals surface area contributed by atoms with E-state index in [9.17, 15) is 9.59 Å². The third kappa shape index (κ3) is 3.49. The number of nitrogens with zero attached hydrogens (tertiary/aromatic N) is 1. The first-order chi connectivity index (χ1) is 9.47. The number of hydrogen-bond acceptors (Lipinski definition) is 3. The average molecular weight is 343 g/mol. The number of amides is 2. The van der Waals surface area contributed by atoms with Crippen molar-refractivity contribution >= 4 is 33.6 Å². The van der Waals surface area contributed by atoms with E-state index < -0.39 is 5.97 Å². The molecule has 0 aliphatic carbocycles. The first-order valence-electron chi connectivity index (χ1n) is 6.16. The Morgan fingerprint density at radius 2 is 2.20 bits per heavy atom. The number of halogens is 1. The van der Waals surface area contributed by atoms with E-state index in [1.54, 1.807) is 11.0 Å². The van der Waals surface area contributed by atoms with E-state index in [0.717, 1.165) is 0 Å². The van der Waals surface area contributed by atoms with Crippen molar-refractivity contribution in [3.8, 4) is 0 Å². The summed E-state index contributed by atoms with van der Waals surface area (Å²) in [5, 5.41) is 11.7. The van der Waals surface area contributed by atoms with Crippen LogP contribution in [0.5, 0.6) is 0 Å². The topological polar surface area (TPSA) is 78.9 Å². The van der Waals surface area contributed by atoms with Gasteiger partial charge in [-0.25, -0.2) is 9.59 Å². The van der Waals surface area contributed by atoms with Gasteiger partial charge in [0.1, 0.15) is 0 Å². The van der Waals surface area contributed by atoms with Crippen LogP contribution in [0.15, 0.2) is 22.7 Å². The Hall–Kier alpha value is -1.60. The zero-order chi connectivity index (χ0) is 14.7. The number of morpholine rings is 1. The summed E-state index contributed by atoms with van der Waals surface area (Å²) in [6.07, 6.45) is 0. The van der Waals surface area contributed by atoms with Crippen LogP contribution in [-0.2, 0) is 4.74 Å². The molecule has 1 unspecified atom stereocenters. The van der Waals surface area contributed by atoms with E-state index in [2.05, 4.69) is 21.2 Å². The lowest BCUT2D eigenvalue weighted by molar-refractivity contribution is 0.0221. The molecule has 0 aromatic heterocycles. The van der Waals surface area contributed by atoms with E-state index in [-0.39, 0.29) is 17.6 Å². The molecule has 0 radical (unpaired) electrons. The van der Waals surface area contributed by atoms with Crippen LogP contribution in [0.1, 0.15) is 17.3 Å². The minimum Gasteiger partial charge on any atom is -0.478 e. The molecule has 1 saturated heterocycles. The Bertz CT molecular complexity index is 535. The average Bonchev–Trinajstić information content (AvgIpc) is 2.38. The fraction of sp³-hybridized carbons (Fsp3) is 0.385. The SMILES string of the molecule is CC1COCCN1C(=O)Nc1cc(Br)cc(C(=O)O)c1. The normalized spacial score (nSPS) is 18.7. The molecule has 6 nitrogen and oxygen atoms in total. The molecule has 1 heterocycles. The molecular formula is C13H15BrN2O4. The Morgan fingerprint density at radius 1 is 1.45 bits per heavy atom. The summed E-state index contributed by atoms with van der Waals surface area (Å²) >= 11 is 3.23. The molecule has 0 bridgehead atoms. The standard InChI is InChI=1S/C13H15BrN2O4/c1-8-7-20-3-2-16(8)13(19)15-11-5-9(12(17)18)4-10(14)6-11/h4-6,8H,2-3,7H2,1H3,(H,15,19)(H,17,18). The van der Waals surface area contributed by atoms with E-state index in [4.69, 9.17) is 9.84 Å². The molecule has 20 heavy (non-hydrogen) atoms. The number of benzene rings is 1. The van der Waals surface area contributed by atoms with Gasteiger partial charge in [-0.3, -0.25) is 0 Å². The summed E-state index contributed by atoms with van der Waals surface area (Å²) in [6, 6.07) is 4.31. The number of aromatic carboxylic acids is 1. The van der Waals surface area contributed by atoms with E-state index in [0.29, 0.717) is 29.9 Å². The number of carbonyl (C=O) groups excluding carboxylic acids is 1. The van der Waals surface area contributed by atoms with Gasteiger partial charge in [0.2, 0.25) is 0 Å². The van der Waals surface area contributed by atoms with Gasteiger partial charge in [0.25, 0.3) is 0 Å². The molecule has 2 amide bonds. The van der Waals surface area contributed by atoms with Crippen molar-refractivity contribution in [2.45, 2.75) is 13.0 Å². The van der Waals surface area contributed by atoms with Gasteiger partial charge in [0, 0.05) is 16.7 Å². The Balaban J connectivity index is 2.13. The number of nitrogens with one attached hydrogen (secondary N) is 1. The lowest BCUT2D eigenvalue weighted by atomic mass is 10.2. The van der Waals surface area contributed by atoms with Crippen LogP contribution >= 0.6 is 15.9 Å². The summed E-state index contributed by atoms with van der Waals surface area (Å²) in [5.74, 6) is -1.04. The lowest BCUT2D eigenvalue weighted by Crippen LogP contribution is -2.48. The monoisotopic (exact) mass is 342 g/mol. The molecule has 1 aliphatic rings. The quantitative estimate of drug-likeness (QED) is 0.864. The van der Waals surface area contributed by atoms with Gasteiger partial charge < -0.3 is 20.1 Å². The number of urea groups is 1. The van der Waals surface area contributed by atoms with Crippen LogP contribution < -0.4 is 5.32 Å². The minimum atomic E-state index is -1.04. The van der Waals surface area contributed by atoms with Crippen molar-refractivity contribution in [1.82, 2.24) is 4.90 Å². The van der Waals surface area contributed by atoms with Crippen molar-refractivity contribution in [3.05, 3.63) is 28.2 Å². The van der Waals surface area contributed by atoms with Crippen LogP contribution in [-0.4, -0.2) is 47.8 Å². The van der Waals surface area contributed by atoms with Gasteiger partial charge in [0.15, 0.2) is 0 Å². The predicted octanol–water partition coefficient (Wildman–Crippen LogP) is 2.40. The van der Waals surface area contributed by atoms with Crippen molar-refractivity contribution < 1.29 is 19.4 Å². The van der Waals surface area contributed by atoms with Gasteiger partial charge in [-0.1, -0.05) is 15.9 Å². The minimum absolute atomic E-state index is 0.00477. The van der Waals surface area contributed by atoms with Crippen molar-refractivity contribution in [1.29, 1.82) is 0 Å². The van der Waals surface area contributed by atoms with Crippen molar-refractivity contribution in [3.63, 3.8) is 0 Å². The van der Waals surface area contributed by atoms with Crippen LogP contribution in [0.3, 0.4) is 0 Å². The highest BCUT2D eigenvalue weighted by atomic mass is 79.9. The Labute approximate surface area is 124 Å². The molecule has 0 spiro atoms. The third-order valence-electron chi connectivity index (χ3n) is 3.02. The molecule has 1 aromatic carbocycles. The maximum absolute atomic E-state index is 12.2. The highest BCUT2D eigenvalue weighted by Crippen LogP contribution is 2.20. The third-order valence-corrected chi connectivity index (χ3v) is 3.48. The van der Waals surface area contributed by atoms with E-state index in [1.807, 2.05) is 6.92 Å². The second-order valence-electron chi connectivity index (χ2n) is 4.58. The van der Waals surface area contributed by atoms with Crippen LogP contribution in [0.4, 0.5) is 10.5 Å². The molecule has 1 fully saturated rings. The highest BCUT2D eigenvalue weighted by Gasteiger charge is 2.23. The first kappa shape index (κ1) is 14.8. The molecule has 108 valence electrons. The second-order valence-corrected chi connectivity index (χ2v) is 5.50. The molecule has 1 atom stereocenters. The van der Waals surface area contributed by atoms with Gasteiger partial charge in [0.05, 0.1) is 24.8 Å². The second kappa shape index (κ2) is 6.23. The first-order valence-corrected chi connectivity index (χ1v) is 6.96. The molecular weight excluding hydrogens is 328 g/mol. The maximum Gasteiger partial charge on any atom is 0.335 e. The maximum atomic E-state index is 12.2. The molecule has 7 heteroatoms. The van der Waals surface area contributed by atoms with Gasteiger partial charge in [-0.05, 0) is 25.1 Å².